The number of rotatable bonds is 6. The summed E-state index contributed by atoms with van der Waals surface area (Å²) in [6.07, 6.45) is 9.26. The summed E-state index contributed by atoms with van der Waals surface area (Å²) in [5.41, 5.74) is 6.99. The van der Waals surface area contributed by atoms with Gasteiger partial charge in [-0.15, -0.1) is 10.2 Å². The van der Waals surface area contributed by atoms with Gasteiger partial charge in [0.15, 0.2) is 5.82 Å². The van der Waals surface area contributed by atoms with Crippen molar-refractivity contribution in [2.45, 2.75) is 59.9 Å². The first-order valence-electron chi connectivity index (χ1n) is 11.7. The zero-order chi connectivity index (χ0) is 22.7. The maximum absolute atomic E-state index is 4.81. The van der Waals surface area contributed by atoms with Crippen molar-refractivity contribution < 1.29 is 0 Å². The van der Waals surface area contributed by atoms with E-state index in [9.17, 15) is 0 Å². The molecule has 1 fully saturated rings. The summed E-state index contributed by atoms with van der Waals surface area (Å²) in [4.78, 5) is 13.8. The number of hydrogen-bond acceptors (Lipinski definition) is 6. The Hall–Kier alpha value is -3.02. The van der Waals surface area contributed by atoms with Gasteiger partial charge in [-0.05, 0) is 81.0 Å². The lowest BCUT2D eigenvalue weighted by molar-refractivity contribution is 0.540. The molecule has 3 aromatic rings. The number of unbranched alkanes of at least 4 members (excludes halogenated alkanes) is 1. The van der Waals surface area contributed by atoms with E-state index in [4.69, 9.17) is 4.98 Å². The zero-order valence-electron chi connectivity index (χ0n) is 20.0. The van der Waals surface area contributed by atoms with Gasteiger partial charge in [0.05, 0.1) is 5.69 Å². The van der Waals surface area contributed by atoms with E-state index in [-0.39, 0.29) is 0 Å². The van der Waals surface area contributed by atoms with Crippen LogP contribution in [0, 0.1) is 20.8 Å². The first-order valence-corrected chi connectivity index (χ1v) is 11.7. The SMILES string of the molecule is CCCCc1cnc(N2CCN(c3nnc(-c4cccnc4)c(C)c3C)C[C@H]2C)cc1C. The fourth-order valence-electron chi connectivity index (χ4n) is 4.52. The maximum atomic E-state index is 4.81. The molecule has 3 aromatic heterocycles. The number of anilines is 2. The molecular formula is C26H34N6. The van der Waals surface area contributed by atoms with Crippen LogP contribution < -0.4 is 9.80 Å². The quantitative estimate of drug-likeness (QED) is 0.553. The molecule has 1 saturated heterocycles. The highest BCUT2D eigenvalue weighted by atomic mass is 15.3. The Labute approximate surface area is 191 Å². The van der Waals surface area contributed by atoms with Gasteiger partial charge in [0.25, 0.3) is 0 Å². The molecule has 0 bridgehead atoms. The minimum atomic E-state index is 0.344. The lowest BCUT2D eigenvalue weighted by Gasteiger charge is -2.41. The molecule has 0 amide bonds. The van der Waals surface area contributed by atoms with Gasteiger partial charge in [-0.2, -0.15) is 0 Å². The largest absolute Gasteiger partial charge is 0.351 e. The highest BCUT2D eigenvalue weighted by molar-refractivity contribution is 5.66. The smallest absolute Gasteiger partial charge is 0.154 e. The van der Waals surface area contributed by atoms with Gasteiger partial charge in [-0.3, -0.25) is 4.98 Å². The Bertz CT molecular complexity index is 1070. The van der Waals surface area contributed by atoms with E-state index in [2.05, 4.69) is 71.9 Å². The summed E-state index contributed by atoms with van der Waals surface area (Å²) in [6.45, 7) is 13.7. The maximum Gasteiger partial charge on any atom is 0.154 e. The van der Waals surface area contributed by atoms with Crippen LogP contribution in [0.15, 0.2) is 36.8 Å². The fourth-order valence-corrected chi connectivity index (χ4v) is 4.52. The van der Waals surface area contributed by atoms with Crippen molar-refractivity contribution >= 4 is 11.6 Å². The molecule has 1 aliphatic rings. The summed E-state index contributed by atoms with van der Waals surface area (Å²) in [7, 11) is 0. The lowest BCUT2D eigenvalue weighted by atomic mass is 10.0. The van der Waals surface area contributed by atoms with E-state index in [0.29, 0.717) is 6.04 Å². The van der Waals surface area contributed by atoms with Crippen molar-refractivity contribution in [1.29, 1.82) is 0 Å². The molecule has 4 heterocycles. The molecule has 32 heavy (non-hydrogen) atoms. The topological polar surface area (TPSA) is 58.0 Å². The number of aromatic nitrogens is 4. The standard InChI is InChI=1S/C26H34N6/c1-6-7-9-22-16-28-24(14-18(22)2)32-13-12-31(17-19(32)3)26-21(5)20(4)25(29-30-26)23-10-8-11-27-15-23/h8,10-11,14-16,19H,6-7,9,12-13,17H2,1-5H3/t19-/m1/s1. The number of piperazine rings is 1. The molecule has 1 atom stereocenters. The number of hydrogen-bond donors (Lipinski definition) is 0. The first-order chi connectivity index (χ1) is 15.5. The van der Waals surface area contributed by atoms with Crippen molar-refractivity contribution in [1.82, 2.24) is 20.2 Å². The third-order valence-electron chi connectivity index (χ3n) is 6.66. The fraction of sp³-hybridized carbons (Fsp3) is 0.462. The molecule has 1 aliphatic heterocycles. The van der Waals surface area contributed by atoms with Crippen LogP contribution in [0.25, 0.3) is 11.3 Å². The van der Waals surface area contributed by atoms with Gasteiger partial charge < -0.3 is 9.80 Å². The van der Waals surface area contributed by atoms with Crippen LogP contribution in [0.3, 0.4) is 0 Å². The molecule has 168 valence electrons. The molecule has 0 unspecified atom stereocenters. The monoisotopic (exact) mass is 430 g/mol. The van der Waals surface area contributed by atoms with E-state index in [1.54, 1.807) is 6.20 Å². The van der Waals surface area contributed by atoms with Crippen LogP contribution in [0.1, 0.15) is 48.9 Å². The van der Waals surface area contributed by atoms with Crippen molar-refractivity contribution in [2.75, 3.05) is 29.4 Å². The predicted octanol–water partition coefficient (Wildman–Crippen LogP) is 4.92. The third kappa shape index (κ3) is 4.45. The lowest BCUT2D eigenvalue weighted by Crippen LogP contribution is -2.53. The Morgan fingerprint density at radius 3 is 2.59 bits per heavy atom. The molecule has 0 radical (unpaired) electrons. The second kappa shape index (κ2) is 9.63. The summed E-state index contributed by atoms with van der Waals surface area (Å²) in [5, 5.41) is 9.21. The van der Waals surface area contributed by atoms with E-state index in [0.717, 1.165) is 54.5 Å². The van der Waals surface area contributed by atoms with Crippen molar-refractivity contribution in [3.8, 4) is 11.3 Å². The molecule has 6 heteroatoms. The Kier molecular flexibility index (Phi) is 6.68. The van der Waals surface area contributed by atoms with Crippen molar-refractivity contribution in [3.63, 3.8) is 0 Å². The first kappa shape index (κ1) is 22.2. The Balaban J connectivity index is 1.50. The molecule has 0 spiro atoms. The summed E-state index contributed by atoms with van der Waals surface area (Å²) >= 11 is 0. The van der Waals surface area contributed by atoms with Gasteiger partial charge in [-0.1, -0.05) is 13.3 Å². The third-order valence-corrected chi connectivity index (χ3v) is 6.66. The van der Waals surface area contributed by atoms with Gasteiger partial charge in [0.1, 0.15) is 5.82 Å². The number of aryl methyl sites for hydroxylation is 2. The Morgan fingerprint density at radius 2 is 1.91 bits per heavy atom. The highest BCUT2D eigenvalue weighted by Crippen LogP contribution is 2.29. The van der Waals surface area contributed by atoms with Crippen LogP contribution in [-0.4, -0.2) is 45.8 Å². The molecule has 4 rings (SSSR count). The molecule has 6 nitrogen and oxygen atoms in total. The van der Waals surface area contributed by atoms with E-state index in [1.165, 1.54) is 29.5 Å². The second-order valence-electron chi connectivity index (χ2n) is 8.92. The highest BCUT2D eigenvalue weighted by Gasteiger charge is 2.27. The van der Waals surface area contributed by atoms with Crippen LogP contribution in [0.4, 0.5) is 11.6 Å². The summed E-state index contributed by atoms with van der Waals surface area (Å²) < 4.78 is 0. The van der Waals surface area contributed by atoms with Crippen LogP contribution >= 0.6 is 0 Å². The second-order valence-corrected chi connectivity index (χ2v) is 8.92. The van der Waals surface area contributed by atoms with E-state index >= 15 is 0 Å². The molecule has 0 saturated carbocycles. The predicted molar refractivity (Wildman–Crippen MR) is 131 cm³/mol. The van der Waals surface area contributed by atoms with Gasteiger partial charge in [-0.25, -0.2) is 4.98 Å². The van der Waals surface area contributed by atoms with Crippen molar-refractivity contribution in [2.24, 2.45) is 0 Å². The minimum Gasteiger partial charge on any atom is -0.351 e. The van der Waals surface area contributed by atoms with Crippen molar-refractivity contribution in [3.05, 3.63) is 59.0 Å². The minimum absolute atomic E-state index is 0.344. The normalized spacial score (nSPS) is 16.5. The summed E-state index contributed by atoms with van der Waals surface area (Å²) in [6, 6.07) is 6.57. The van der Waals surface area contributed by atoms with E-state index in [1.807, 2.05) is 18.3 Å². The van der Waals surface area contributed by atoms with Crippen LogP contribution in [0.5, 0.6) is 0 Å². The molecule has 0 aromatic carbocycles. The van der Waals surface area contributed by atoms with Gasteiger partial charge in [0.2, 0.25) is 0 Å². The molecular weight excluding hydrogens is 396 g/mol. The van der Waals surface area contributed by atoms with Crippen LogP contribution in [0.2, 0.25) is 0 Å². The van der Waals surface area contributed by atoms with Crippen LogP contribution in [-0.2, 0) is 6.42 Å². The van der Waals surface area contributed by atoms with Gasteiger partial charge in [0, 0.05) is 49.8 Å². The zero-order valence-corrected chi connectivity index (χ0v) is 20.0. The average molecular weight is 431 g/mol. The number of pyridine rings is 2. The molecule has 0 aliphatic carbocycles. The number of nitrogens with zero attached hydrogens (tertiary/aromatic N) is 6. The molecule has 0 N–H and O–H groups in total. The Morgan fingerprint density at radius 1 is 1.06 bits per heavy atom. The summed E-state index contributed by atoms with van der Waals surface area (Å²) in [5.74, 6) is 2.07. The van der Waals surface area contributed by atoms with Gasteiger partial charge >= 0.3 is 0 Å². The average Bonchev–Trinajstić information content (AvgIpc) is 2.80. The van der Waals surface area contributed by atoms with E-state index < -0.39 is 0 Å².